The molecular formula is C14H27N. The van der Waals surface area contributed by atoms with E-state index in [-0.39, 0.29) is 0 Å². The van der Waals surface area contributed by atoms with E-state index in [2.05, 4.69) is 18.7 Å². The zero-order valence-corrected chi connectivity index (χ0v) is 10.5. The molecule has 1 aliphatic carbocycles. The van der Waals surface area contributed by atoms with Gasteiger partial charge in [0.25, 0.3) is 0 Å². The largest absolute Gasteiger partial charge is 0.300 e. The molecule has 88 valence electrons. The standard InChI is InChI=1S/C14H27N/c1-12(2)11-13-7-9-15(10-8-13)14-5-3-4-6-14/h12-14H,3-11H2,1-2H3. The summed E-state index contributed by atoms with van der Waals surface area (Å²) in [6, 6.07) is 0.963. The highest BCUT2D eigenvalue weighted by atomic mass is 15.2. The van der Waals surface area contributed by atoms with E-state index < -0.39 is 0 Å². The molecule has 2 rings (SSSR count). The van der Waals surface area contributed by atoms with Crippen molar-refractivity contribution in [3.05, 3.63) is 0 Å². The van der Waals surface area contributed by atoms with E-state index >= 15 is 0 Å². The van der Waals surface area contributed by atoms with Crippen LogP contribution in [-0.4, -0.2) is 24.0 Å². The average molecular weight is 209 g/mol. The Kier molecular flexibility index (Phi) is 4.07. The molecule has 1 aliphatic heterocycles. The van der Waals surface area contributed by atoms with Gasteiger partial charge in [-0.2, -0.15) is 0 Å². The minimum absolute atomic E-state index is 0.896. The maximum Gasteiger partial charge on any atom is 0.00952 e. The lowest BCUT2D eigenvalue weighted by Gasteiger charge is -2.36. The van der Waals surface area contributed by atoms with Gasteiger partial charge in [-0.25, -0.2) is 0 Å². The van der Waals surface area contributed by atoms with Crippen molar-refractivity contribution in [3.8, 4) is 0 Å². The minimum atomic E-state index is 0.896. The van der Waals surface area contributed by atoms with E-state index in [1.165, 1.54) is 58.0 Å². The minimum Gasteiger partial charge on any atom is -0.300 e. The van der Waals surface area contributed by atoms with E-state index in [4.69, 9.17) is 0 Å². The Morgan fingerprint density at radius 3 is 2.13 bits per heavy atom. The van der Waals surface area contributed by atoms with Crippen LogP contribution in [0.4, 0.5) is 0 Å². The molecule has 1 nitrogen and oxygen atoms in total. The Morgan fingerprint density at radius 2 is 1.60 bits per heavy atom. The van der Waals surface area contributed by atoms with Crippen molar-refractivity contribution >= 4 is 0 Å². The van der Waals surface area contributed by atoms with Gasteiger partial charge in [0.05, 0.1) is 0 Å². The lowest BCUT2D eigenvalue weighted by molar-refractivity contribution is 0.126. The second-order valence-corrected chi connectivity index (χ2v) is 6.05. The monoisotopic (exact) mass is 209 g/mol. The fraction of sp³-hybridized carbons (Fsp3) is 1.00. The average Bonchev–Trinajstić information content (AvgIpc) is 2.71. The summed E-state index contributed by atoms with van der Waals surface area (Å²) in [4.78, 5) is 2.78. The van der Waals surface area contributed by atoms with Crippen molar-refractivity contribution in [2.75, 3.05) is 13.1 Å². The first-order valence-electron chi connectivity index (χ1n) is 6.99. The fourth-order valence-corrected chi connectivity index (χ4v) is 3.49. The highest BCUT2D eigenvalue weighted by Gasteiger charge is 2.26. The molecule has 2 fully saturated rings. The van der Waals surface area contributed by atoms with Crippen LogP contribution in [0.25, 0.3) is 0 Å². The van der Waals surface area contributed by atoms with Gasteiger partial charge in [0, 0.05) is 6.04 Å². The number of hydrogen-bond acceptors (Lipinski definition) is 1. The molecule has 0 aromatic heterocycles. The first-order chi connectivity index (χ1) is 7.25. The summed E-state index contributed by atoms with van der Waals surface area (Å²) >= 11 is 0. The van der Waals surface area contributed by atoms with Crippen molar-refractivity contribution in [2.24, 2.45) is 11.8 Å². The topological polar surface area (TPSA) is 3.24 Å². The molecule has 1 heteroatoms. The van der Waals surface area contributed by atoms with E-state index in [0.29, 0.717) is 0 Å². The molecule has 0 N–H and O–H groups in total. The fourth-order valence-electron chi connectivity index (χ4n) is 3.49. The van der Waals surface area contributed by atoms with E-state index in [9.17, 15) is 0 Å². The highest BCUT2D eigenvalue weighted by molar-refractivity contribution is 4.82. The number of rotatable bonds is 3. The third-order valence-electron chi connectivity index (χ3n) is 4.29. The van der Waals surface area contributed by atoms with Crippen LogP contribution in [0.1, 0.15) is 58.8 Å². The molecule has 0 atom stereocenters. The zero-order chi connectivity index (χ0) is 10.7. The molecule has 0 bridgehead atoms. The second-order valence-electron chi connectivity index (χ2n) is 6.05. The summed E-state index contributed by atoms with van der Waals surface area (Å²) in [6.07, 6.45) is 10.3. The predicted molar refractivity (Wildman–Crippen MR) is 66.0 cm³/mol. The quantitative estimate of drug-likeness (QED) is 0.685. The Hall–Kier alpha value is -0.0400. The van der Waals surface area contributed by atoms with Crippen molar-refractivity contribution in [1.82, 2.24) is 4.90 Å². The summed E-state index contributed by atoms with van der Waals surface area (Å²) in [5.41, 5.74) is 0. The lowest BCUT2D eigenvalue weighted by Crippen LogP contribution is -2.40. The van der Waals surface area contributed by atoms with Gasteiger partial charge in [0.1, 0.15) is 0 Å². The summed E-state index contributed by atoms with van der Waals surface area (Å²) in [5, 5.41) is 0. The van der Waals surface area contributed by atoms with Crippen LogP contribution in [0.15, 0.2) is 0 Å². The van der Waals surface area contributed by atoms with Crippen LogP contribution < -0.4 is 0 Å². The third kappa shape index (κ3) is 3.21. The van der Waals surface area contributed by atoms with Gasteiger partial charge in [0.2, 0.25) is 0 Å². The number of nitrogens with zero attached hydrogens (tertiary/aromatic N) is 1. The van der Waals surface area contributed by atoms with Gasteiger partial charge < -0.3 is 4.90 Å². The van der Waals surface area contributed by atoms with E-state index in [1.54, 1.807) is 0 Å². The van der Waals surface area contributed by atoms with Crippen LogP contribution in [0.2, 0.25) is 0 Å². The van der Waals surface area contributed by atoms with Crippen LogP contribution in [0.5, 0.6) is 0 Å². The smallest absolute Gasteiger partial charge is 0.00952 e. The van der Waals surface area contributed by atoms with Gasteiger partial charge in [-0.3, -0.25) is 0 Å². The molecule has 1 heterocycles. The summed E-state index contributed by atoms with van der Waals surface area (Å²) in [7, 11) is 0. The maximum absolute atomic E-state index is 2.78. The molecule has 0 spiro atoms. The van der Waals surface area contributed by atoms with Gasteiger partial charge in [0.15, 0.2) is 0 Å². The summed E-state index contributed by atoms with van der Waals surface area (Å²) < 4.78 is 0. The molecule has 1 saturated carbocycles. The normalized spacial score (nSPS) is 26.6. The molecule has 1 saturated heterocycles. The summed E-state index contributed by atoms with van der Waals surface area (Å²) in [6.45, 7) is 7.51. The molecule has 2 aliphatic rings. The van der Waals surface area contributed by atoms with Crippen LogP contribution in [0, 0.1) is 11.8 Å². The third-order valence-corrected chi connectivity index (χ3v) is 4.29. The predicted octanol–water partition coefficient (Wildman–Crippen LogP) is 3.69. The van der Waals surface area contributed by atoms with Gasteiger partial charge in [-0.1, -0.05) is 26.7 Å². The van der Waals surface area contributed by atoms with Crippen LogP contribution in [-0.2, 0) is 0 Å². The molecule has 0 aromatic rings. The second kappa shape index (κ2) is 5.34. The van der Waals surface area contributed by atoms with E-state index in [0.717, 1.165) is 17.9 Å². The molecule has 0 radical (unpaired) electrons. The Bertz CT molecular complexity index is 174. The van der Waals surface area contributed by atoms with E-state index in [1.807, 2.05) is 0 Å². The SMILES string of the molecule is CC(C)CC1CCN(C2CCCC2)CC1. The molecule has 0 unspecified atom stereocenters. The zero-order valence-electron chi connectivity index (χ0n) is 10.5. The number of piperidine rings is 1. The number of hydrogen-bond donors (Lipinski definition) is 0. The molecule has 15 heavy (non-hydrogen) atoms. The van der Waals surface area contributed by atoms with Crippen LogP contribution in [0.3, 0.4) is 0 Å². The molecule has 0 aromatic carbocycles. The van der Waals surface area contributed by atoms with Gasteiger partial charge >= 0.3 is 0 Å². The van der Waals surface area contributed by atoms with Crippen molar-refractivity contribution < 1.29 is 0 Å². The summed E-state index contributed by atoms with van der Waals surface area (Å²) in [5.74, 6) is 1.93. The van der Waals surface area contributed by atoms with Gasteiger partial charge in [-0.15, -0.1) is 0 Å². The Labute approximate surface area is 95.2 Å². The number of likely N-dealkylation sites (tertiary alicyclic amines) is 1. The Balaban J connectivity index is 1.71. The lowest BCUT2D eigenvalue weighted by atomic mass is 9.88. The first kappa shape index (κ1) is 11.4. The van der Waals surface area contributed by atoms with Crippen molar-refractivity contribution in [1.29, 1.82) is 0 Å². The highest BCUT2D eigenvalue weighted by Crippen LogP contribution is 2.29. The van der Waals surface area contributed by atoms with Crippen LogP contribution >= 0.6 is 0 Å². The molecule has 0 amide bonds. The first-order valence-corrected chi connectivity index (χ1v) is 6.99. The maximum atomic E-state index is 2.78. The van der Waals surface area contributed by atoms with Crippen molar-refractivity contribution in [2.45, 2.75) is 64.8 Å². The van der Waals surface area contributed by atoms with Crippen molar-refractivity contribution in [3.63, 3.8) is 0 Å². The van der Waals surface area contributed by atoms with Gasteiger partial charge in [-0.05, 0) is 57.0 Å². The molecular weight excluding hydrogens is 182 g/mol. The Morgan fingerprint density at radius 1 is 1.00 bits per heavy atom.